The third-order valence-electron chi connectivity index (χ3n) is 12.3. The first-order chi connectivity index (χ1) is 28.2. The van der Waals surface area contributed by atoms with Gasteiger partial charge in [-0.05, 0) is 50.1 Å². The quantitative estimate of drug-likeness (QED) is 0.0440. The molecule has 1 unspecified atom stereocenters. The topological polar surface area (TPSA) is 29.5 Å². The van der Waals surface area contributed by atoms with Crippen molar-refractivity contribution < 1.29 is 13.7 Å². The average molecular weight is 782 g/mol. The molecular formula is C53H85N2O2+. The minimum Gasteiger partial charge on any atom is -0.439 e. The minimum atomic E-state index is 0.372. The van der Waals surface area contributed by atoms with Crippen LogP contribution in [0.25, 0.3) is 17.2 Å². The van der Waals surface area contributed by atoms with Gasteiger partial charge in [-0.3, -0.25) is 0 Å². The van der Waals surface area contributed by atoms with Crippen molar-refractivity contribution in [3.8, 4) is 5.75 Å². The molecule has 0 aliphatic carbocycles. The SMILES string of the molecule is CCCCCCCCCCCCCCCCCC[n+]1c(C=CC=C2Oc3ccccc3N2C(C)CCCCCCCCCCCCCCCC)oc2ccccc21. The fourth-order valence-electron chi connectivity index (χ4n) is 8.79. The van der Waals surface area contributed by atoms with Crippen molar-refractivity contribution in [2.45, 2.75) is 232 Å². The Balaban J connectivity index is 1.16. The van der Waals surface area contributed by atoms with Crippen LogP contribution in [0.3, 0.4) is 0 Å². The maximum atomic E-state index is 6.45. The smallest absolute Gasteiger partial charge is 0.374 e. The number of hydrogen-bond donors (Lipinski definition) is 0. The zero-order valence-electron chi connectivity index (χ0n) is 37.3. The van der Waals surface area contributed by atoms with Gasteiger partial charge in [-0.1, -0.05) is 218 Å². The second-order valence-corrected chi connectivity index (χ2v) is 17.4. The van der Waals surface area contributed by atoms with Crippen molar-refractivity contribution in [1.29, 1.82) is 0 Å². The summed E-state index contributed by atoms with van der Waals surface area (Å²) in [5, 5.41) is 0. The summed E-state index contributed by atoms with van der Waals surface area (Å²) >= 11 is 0. The molecule has 318 valence electrons. The number of ether oxygens (including phenoxy) is 1. The Labute approximate surface area is 350 Å². The summed E-state index contributed by atoms with van der Waals surface area (Å²) in [6.07, 6.45) is 49.3. The summed E-state index contributed by atoms with van der Waals surface area (Å²) < 4.78 is 15.2. The zero-order chi connectivity index (χ0) is 40.0. The molecule has 4 heteroatoms. The molecule has 3 aromatic rings. The van der Waals surface area contributed by atoms with Crippen molar-refractivity contribution in [2.75, 3.05) is 4.90 Å². The molecule has 1 aliphatic rings. The minimum absolute atomic E-state index is 0.372. The Bertz CT molecular complexity index is 1500. The highest BCUT2D eigenvalue weighted by Gasteiger charge is 2.29. The molecule has 0 radical (unpaired) electrons. The summed E-state index contributed by atoms with van der Waals surface area (Å²) in [6, 6.07) is 17.3. The lowest BCUT2D eigenvalue weighted by Crippen LogP contribution is -2.35. The molecule has 2 aromatic carbocycles. The maximum Gasteiger partial charge on any atom is 0.374 e. The lowest BCUT2D eigenvalue weighted by atomic mass is 10.0. The molecule has 0 bridgehead atoms. The number of benzene rings is 2. The molecule has 4 rings (SSSR count). The summed E-state index contributed by atoms with van der Waals surface area (Å²) in [5.74, 6) is 2.77. The second-order valence-electron chi connectivity index (χ2n) is 17.4. The standard InChI is InChI=1S/C53H85N2O2/c1-4-6-8-10-12-14-16-18-20-21-23-25-27-29-31-37-46-54-48-40-33-35-42-50(48)56-52(54)44-38-45-53-55(49-41-34-36-43-51(49)57-53)47(3)39-32-30-28-26-24-22-19-17-15-13-11-9-7-5-2/h33-36,38,40-45,47H,4-32,37,39,46H2,1-3H3/q+1. The van der Waals surface area contributed by atoms with Gasteiger partial charge < -0.3 is 14.1 Å². The molecule has 1 atom stereocenters. The van der Waals surface area contributed by atoms with E-state index >= 15 is 0 Å². The van der Waals surface area contributed by atoms with Crippen molar-refractivity contribution in [3.05, 3.63) is 72.5 Å². The fraction of sp³-hybridized carbons (Fsp3) is 0.679. The lowest BCUT2D eigenvalue weighted by molar-refractivity contribution is -0.678. The number of aryl methyl sites for hydroxylation is 1. The van der Waals surface area contributed by atoms with Gasteiger partial charge in [-0.25, -0.2) is 0 Å². The molecule has 1 aromatic heterocycles. The molecule has 0 fully saturated rings. The molecule has 0 N–H and O–H groups in total. The number of anilines is 1. The zero-order valence-corrected chi connectivity index (χ0v) is 37.3. The molecule has 1 aliphatic heterocycles. The Morgan fingerprint density at radius 3 is 1.54 bits per heavy atom. The fourth-order valence-corrected chi connectivity index (χ4v) is 8.79. The Hall–Kier alpha value is -3.01. The number of rotatable bonds is 35. The highest BCUT2D eigenvalue weighted by molar-refractivity contribution is 5.70. The molecule has 57 heavy (non-hydrogen) atoms. The summed E-state index contributed by atoms with van der Waals surface area (Å²) in [6.45, 7) is 7.94. The number of nitrogens with zero attached hydrogens (tertiary/aromatic N) is 2. The molecule has 4 nitrogen and oxygen atoms in total. The largest absolute Gasteiger partial charge is 0.439 e. The van der Waals surface area contributed by atoms with Crippen LogP contribution in [-0.4, -0.2) is 6.04 Å². The Morgan fingerprint density at radius 2 is 1.00 bits per heavy atom. The van der Waals surface area contributed by atoms with Crippen molar-refractivity contribution >= 4 is 22.9 Å². The highest BCUT2D eigenvalue weighted by atomic mass is 16.5. The van der Waals surface area contributed by atoms with Gasteiger partial charge in [0.15, 0.2) is 12.3 Å². The van der Waals surface area contributed by atoms with Crippen molar-refractivity contribution in [1.82, 2.24) is 0 Å². The van der Waals surface area contributed by atoms with Gasteiger partial charge in [0.1, 0.15) is 0 Å². The summed E-state index contributed by atoms with van der Waals surface area (Å²) in [4.78, 5) is 2.41. The van der Waals surface area contributed by atoms with E-state index < -0.39 is 0 Å². The van der Waals surface area contributed by atoms with Crippen LogP contribution in [-0.2, 0) is 6.54 Å². The van der Waals surface area contributed by atoms with Gasteiger partial charge in [0.25, 0.3) is 5.52 Å². The lowest BCUT2D eigenvalue weighted by Gasteiger charge is -2.26. The number of allylic oxidation sites excluding steroid dienone is 2. The van der Waals surface area contributed by atoms with Gasteiger partial charge >= 0.3 is 5.89 Å². The van der Waals surface area contributed by atoms with Gasteiger partial charge in [-0.15, -0.1) is 0 Å². The molecule has 0 saturated heterocycles. The van der Waals surface area contributed by atoms with Crippen molar-refractivity contribution in [2.24, 2.45) is 0 Å². The predicted octanol–water partition coefficient (Wildman–Crippen LogP) is 17.0. The first-order valence-electron chi connectivity index (χ1n) is 24.6. The number of aromatic nitrogens is 1. The average Bonchev–Trinajstić information content (AvgIpc) is 3.78. The van der Waals surface area contributed by atoms with Crippen LogP contribution >= 0.6 is 0 Å². The van der Waals surface area contributed by atoms with E-state index in [9.17, 15) is 0 Å². The molecule has 0 amide bonds. The molecule has 0 spiro atoms. The van der Waals surface area contributed by atoms with Crippen LogP contribution in [0.5, 0.6) is 5.75 Å². The Morgan fingerprint density at radius 1 is 0.544 bits per heavy atom. The van der Waals surface area contributed by atoms with Crippen LogP contribution < -0.4 is 14.2 Å². The number of fused-ring (bicyclic) bond motifs is 2. The number of hydrogen-bond acceptors (Lipinski definition) is 3. The highest BCUT2D eigenvalue weighted by Crippen LogP contribution is 2.41. The predicted molar refractivity (Wildman–Crippen MR) is 247 cm³/mol. The van der Waals surface area contributed by atoms with Gasteiger partial charge in [0.2, 0.25) is 11.5 Å². The van der Waals surface area contributed by atoms with E-state index in [0.717, 1.165) is 29.7 Å². The van der Waals surface area contributed by atoms with Gasteiger partial charge in [0.05, 0.1) is 11.8 Å². The summed E-state index contributed by atoms with van der Waals surface area (Å²) in [5.41, 5.74) is 3.31. The third-order valence-corrected chi connectivity index (χ3v) is 12.3. The first-order valence-corrected chi connectivity index (χ1v) is 24.6. The van der Waals surface area contributed by atoms with E-state index in [1.807, 2.05) is 0 Å². The number of para-hydroxylation sites is 4. The monoisotopic (exact) mass is 782 g/mol. The van der Waals surface area contributed by atoms with Crippen LogP contribution in [0.4, 0.5) is 5.69 Å². The van der Waals surface area contributed by atoms with E-state index in [-0.39, 0.29) is 0 Å². The molecule has 0 saturated carbocycles. The maximum absolute atomic E-state index is 6.45. The summed E-state index contributed by atoms with van der Waals surface area (Å²) in [7, 11) is 0. The normalized spacial score (nSPS) is 14.0. The van der Waals surface area contributed by atoms with Crippen LogP contribution in [0.2, 0.25) is 0 Å². The van der Waals surface area contributed by atoms with Crippen LogP contribution in [0, 0.1) is 0 Å². The first kappa shape index (κ1) is 46.7. The van der Waals surface area contributed by atoms with E-state index in [1.54, 1.807) is 0 Å². The van der Waals surface area contributed by atoms with Crippen LogP contribution in [0.15, 0.2) is 71.0 Å². The third kappa shape index (κ3) is 18.2. The van der Waals surface area contributed by atoms with E-state index in [4.69, 9.17) is 9.15 Å². The second kappa shape index (κ2) is 30.1. The number of unbranched alkanes of at least 4 members (excludes halogenated alkanes) is 28. The Kier molecular flexibility index (Phi) is 24.6. The molecule has 2 heterocycles. The van der Waals surface area contributed by atoms with E-state index in [0.29, 0.717) is 6.04 Å². The van der Waals surface area contributed by atoms with Crippen LogP contribution in [0.1, 0.15) is 226 Å². The van der Waals surface area contributed by atoms with Gasteiger partial charge in [0, 0.05) is 18.5 Å². The number of oxazole rings is 1. The van der Waals surface area contributed by atoms with E-state index in [1.165, 1.54) is 210 Å². The van der Waals surface area contributed by atoms with Crippen molar-refractivity contribution in [3.63, 3.8) is 0 Å². The molecular weight excluding hydrogens is 697 g/mol. The van der Waals surface area contributed by atoms with E-state index in [2.05, 4.69) is 97.0 Å². The van der Waals surface area contributed by atoms with Gasteiger partial charge in [-0.2, -0.15) is 4.57 Å².